The number of nitrogens with one attached hydrogen (secondary N) is 1. The topological polar surface area (TPSA) is 30.5 Å². The van der Waals surface area contributed by atoms with E-state index < -0.39 is 0 Å². The number of likely N-dealkylation sites (N-methyl/N-ethyl adjacent to an activating group) is 1. The fourth-order valence-electron chi connectivity index (χ4n) is 2.00. The van der Waals surface area contributed by atoms with Crippen LogP contribution in [0.5, 0.6) is 11.5 Å². The summed E-state index contributed by atoms with van der Waals surface area (Å²) in [5.41, 5.74) is 1.13. The van der Waals surface area contributed by atoms with E-state index in [9.17, 15) is 0 Å². The first-order valence-corrected chi connectivity index (χ1v) is 6.13. The zero-order valence-electron chi connectivity index (χ0n) is 11.0. The van der Waals surface area contributed by atoms with Gasteiger partial charge in [0.25, 0.3) is 0 Å². The lowest BCUT2D eigenvalue weighted by Crippen LogP contribution is -2.28. The standard InChI is InChI=1S/C14H21NO2/c1-10(15-4)9-16-12-7-5-6-11-8-14(2,3)17-13(11)12/h5-7,10,15H,8-9H2,1-4H3. The molecule has 17 heavy (non-hydrogen) atoms. The average Bonchev–Trinajstić information content (AvgIpc) is 2.60. The van der Waals surface area contributed by atoms with E-state index in [0.717, 1.165) is 17.9 Å². The molecule has 1 unspecified atom stereocenters. The smallest absolute Gasteiger partial charge is 0.165 e. The molecule has 0 amide bonds. The molecular weight excluding hydrogens is 214 g/mol. The highest BCUT2D eigenvalue weighted by Gasteiger charge is 2.32. The summed E-state index contributed by atoms with van der Waals surface area (Å²) in [6.07, 6.45) is 0.946. The Labute approximate surface area is 103 Å². The van der Waals surface area contributed by atoms with E-state index in [-0.39, 0.29) is 5.60 Å². The molecule has 1 aromatic carbocycles. The molecule has 0 radical (unpaired) electrons. The molecule has 94 valence electrons. The van der Waals surface area contributed by atoms with Crippen molar-refractivity contribution in [3.8, 4) is 11.5 Å². The summed E-state index contributed by atoms with van der Waals surface area (Å²) in [7, 11) is 1.93. The lowest BCUT2D eigenvalue weighted by Gasteiger charge is -2.19. The molecule has 3 heteroatoms. The van der Waals surface area contributed by atoms with Crippen LogP contribution in [0.3, 0.4) is 0 Å². The maximum atomic E-state index is 5.95. The Morgan fingerprint density at radius 2 is 2.24 bits per heavy atom. The van der Waals surface area contributed by atoms with Crippen molar-refractivity contribution >= 4 is 0 Å². The van der Waals surface area contributed by atoms with Gasteiger partial charge in [0.2, 0.25) is 0 Å². The predicted octanol–water partition coefficient (Wildman–Crippen LogP) is 2.39. The maximum Gasteiger partial charge on any atom is 0.165 e. The highest BCUT2D eigenvalue weighted by atomic mass is 16.5. The predicted molar refractivity (Wildman–Crippen MR) is 68.9 cm³/mol. The Morgan fingerprint density at radius 1 is 1.47 bits per heavy atom. The van der Waals surface area contributed by atoms with E-state index in [2.05, 4.69) is 32.2 Å². The second kappa shape index (κ2) is 4.57. The van der Waals surface area contributed by atoms with E-state index in [1.54, 1.807) is 0 Å². The second-order valence-electron chi connectivity index (χ2n) is 5.28. The van der Waals surface area contributed by atoms with Crippen LogP contribution < -0.4 is 14.8 Å². The summed E-state index contributed by atoms with van der Waals surface area (Å²) in [5.74, 6) is 1.77. The molecule has 1 atom stereocenters. The zero-order chi connectivity index (χ0) is 12.5. The fourth-order valence-corrected chi connectivity index (χ4v) is 2.00. The summed E-state index contributed by atoms with van der Waals surface area (Å²) >= 11 is 0. The Bertz CT molecular complexity index is 401. The van der Waals surface area contributed by atoms with Crippen molar-refractivity contribution in [2.75, 3.05) is 13.7 Å². The van der Waals surface area contributed by atoms with Crippen molar-refractivity contribution in [1.29, 1.82) is 0 Å². The van der Waals surface area contributed by atoms with Crippen LogP contribution in [0.25, 0.3) is 0 Å². The molecule has 0 saturated heterocycles. The number of benzene rings is 1. The monoisotopic (exact) mass is 235 g/mol. The molecule has 1 aromatic rings. The molecule has 0 spiro atoms. The number of fused-ring (bicyclic) bond motifs is 1. The van der Waals surface area contributed by atoms with Gasteiger partial charge in [0.15, 0.2) is 11.5 Å². The largest absolute Gasteiger partial charge is 0.488 e. The third-order valence-electron chi connectivity index (χ3n) is 3.04. The van der Waals surface area contributed by atoms with Gasteiger partial charge in [0.1, 0.15) is 12.2 Å². The quantitative estimate of drug-likeness (QED) is 0.869. The molecule has 1 heterocycles. The highest BCUT2D eigenvalue weighted by Crippen LogP contribution is 2.41. The zero-order valence-corrected chi connectivity index (χ0v) is 11.0. The van der Waals surface area contributed by atoms with Crippen LogP contribution in [-0.4, -0.2) is 25.3 Å². The molecule has 0 bridgehead atoms. The van der Waals surface area contributed by atoms with Gasteiger partial charge in [-0.25, -0.2) is 0 Å². The minimum atomic E-state index is -0.115. The SMILES string of the molecule is CNC(C)COc1cccc2c1OC(C)(C)C2. The van der Waals surface area contributed by atoms with Gasteiger partial charge < -0.3 is 14.8 Å². The summed E-state index contributed by atoms with van der Waals surface area (Å²) in [6.45, 7) is 6.95. The van der Waals surface area contributed by atoms with Crippen LogP contribution in [0.2, 0.25) is 0 Å². The van der Waals surface area contributed by atoms with Crippen molar-refractivity contribution in [3.05, 3.63) is 23.8 Å². The lowest BCUT2D eigenvalue weighted by atomic mass is 10.0. The van der Waals surface area contributed by atoms with Crippen LogP contribution in [0.15, 0.2) is 18.2 Å². The summed E-state index contributed by atoms with van der Waals surface area (Å²) < 4.78 is 11.8. The number of rotatable bonds is 4. The van der Waals surface area contributed by atoms with Gasteiger partial charge in [-0.1, -0.05) is 12.1 Å². The van der Waals surface area contributed by atoms with Gasteiger partial charge in [0, 0.05) is 18.0 Å². The summed E-state index contributed by atoms with van der Waals surface area (Å²) in [4.78, 5) is 0. The van der Waals surface area contributed by atoms with Crippen molar-refractivity contribution in [3.63, 3.8) is 0 Å². The molecule has 3 nitrogen and oxygen atoms in total. The van der Waals surface area contributed by atoms with E-state index in [0.29, 0.717) is 12.6 Å². The van der Waals surface area contributed by atoms with Gasteiger partial charge in [-0.05, 0) is 33.9 Å². The van der Waals surface area contributed by atoms with Crippen LogP contribution in [0.4, 0.5) is 0 Å². The molecule has 1 aliphatic heterocycles. The van der Waals surface area contributed by atoms with Crippen LogP contribution in [-0.2, 0) is 6.42 Å². The van der Waals surface area contributed by atoms with E-state index >= 15 is 0 Å². The molecule has 1 N–H and O–H groups in total. The van der Waals surface area contributed by atoms with Crippen LogP contribution >= 0.6 is 0 Å². The minimum absolute atomic E-state index is 0.115. The summed E-state index contributed by atoms with van der Waals surface area (Å²) in [6, 6.07) is 6.45. The summed E-state index contributed by atoms with van der Waals surface area (Å²) in [5, 5.41) is 3.15. The third-order valence-corrected chi connectivity index (χ3v) is 3.04. The number of ether oxygens (including phenoxy) is 2. The molecule has 0 aliphatic carbocycles. The van der Waals surface area contributed by atoms with E-state index in [1.807, 2.05) is 19.2 Å². The normalized spacial score (nSPS) is 18.4. The van der Waals surface area contributed by atoms with E-state index in [4.69, 9.17) is 9.47 Å². The van der Waals surface area contributed by atoms with Crippen LogP contribution in [0.1, 0.15) is 26.3 Å². The Morgan fingerprint density at radius 3 is 2.94 bits per heavy atom. The Balaban J connectivity index is 2.13. The van der Waals surface area contributed by atoms with Gasteiger partial charge >= 0.3 is 0 Å². The van der Waals surface area contributed by atoms with Crippen molar-refractivity contribution in [2.24, 2.45) is 0 Å². The maximum absolute atomic E-state index is 5.95. The second-order valence-corrected chi connectivity index (χ2v) is 5.28. The number of hydrogen-bond acceptors (Lipinski definition) is 3. The lowest BCUT2D eigenvalue weighted by molar-refractivity contribution is 0.131. The Kier molecular flexibility index (Phi) is 3.29. The number of hydrogen-bond donors (Lipinski definition) is 1. The third kappa shape index (κ3) is 2.72. The molecule has 0 aromatic heterocycles. The number of para-hydroxylation sites is 1. The first-order chi connectivity index (χ1) is 8.02. The minimum Gasteiger partial charge on any atom is -0.488 e. The van der Waals surface area contributed by atoms with Crippen molar-refractivity contribution < 1.29 is 9.47 Å². The molecule has 0 fully saturated rings. The molecule has 2 rings (SSSR count). The van der Waals surface area contributed by atoms with Gasteiger partial charge in [-0.15, -0.1) is 0 Å². The Hall–Kier alpha value is -1.22. The van der Waals surface area contributed by atoms with Gasteiger partial charge in [0.05, 0.1) is 0 Å². The molecule has 0 saturated carbocycles. The highest BCUT2D eigenvalue weighted by molar-refractivity contribution is 5.50. The fraction of sp³-hybridized carbons (Fsp3) is 0.571. The molecule has 1 aliphatic rings. The van der Waals surface area contributed by atoms with Crippen LogP contribution in [0, 0.1) is 0 Å². The molecular formula is C14H21NO2. The average molecular weight is 235 g/mol. The first kappa shape index (κ1) is 12.2. The van der Waals surface area contributed by atoms with Gasteiger partial charge in [-0.3, -0.25) is 0 Å². The van der Waals surface area contributed by atoms with E-state index in [1.165, 1.54) is 5.56 Å². The van der Waals surface area contributed by atoms with Crippen molar-refractivity contribution in [2.45, 2.75) is 38.8 Å². The van der Waals surface area contributed by atoms with Crippen molar-refractivity contribution in [1.82, 2.24) is 5.32 Å². The first-order valence-electron chi connectivity index (χ1n) is 6.13. The van der Waals surface area contributed by atoms with Gasteiger partial charge in [-0.2, -0.15) is 0 Å².